The summed E-state index contributed by atoms with van der Waals surface area (Å²) in [5.74, 6) is 0.655. The van der Waals surface area contributed by atoms with E-state index < -0.39 is 0 Å². The molecule has 1 aromatic carbocycles. The molecule has 1 N–H and O–H groups in total. The third kappa shape index (κ3) is 2.14. The largest absolute Gasteiger partial charge is 0.367 e. The minimum Gasteiger partial charge on any atom is -0.367 e. The number of ether oxygens (including phenoxy) is 1. The van der Waals surface area contributed by atoms with Crippen molar-refractivity contribution in [2.75, 3.05) is 13.7 Å². The molecule has 0 spiro atoms. The third-order valence-corrected chi connectivity index (χ3v) is 2.92. The molecule has 1 heterocycles. The molecule has 2 rings (SSSR count). The molecule has 1 aliphatic heterocycles. The van der Waals surface area contributed by atoms with Crippen LogP contribution < -0.4 is 5.32 Å². The Morgan fingerprint density at radius 3 is 2.79 bits per heavy atom. The van der Waals surface area contributed by atoms with Gasteiger partial charge in [-0.3, -0.25) is 5.32 Å². The Bertz CT molecular complexity index is 273. The van der Waals surface area contributed by atoms with Crippen molar-refractivity contribution in [1.82, 2.24) is 5.32 Å². The van der Waals surface area contributed by atoms with Gasteiger partial charge in [0.1, 0.15) is 6.23 Å². The van der Waals surface area contributed by atoms with E-state index in [0.717, 1.165) is 13.0 Å². The molecule has 0 aromatic heterocycles. The molecular formula is C12H17NO. The zero-order valence-electron chi connectivity index (χ0n) is 8.57. The van der Waals surface area contributed by atoms with Crippen LogP contribution in [0.3, 0.4) is 0 Å². The van der Waals surface area contributed by atoms with Gasteiger partial charge in [0.15, 0.2) is 0 Å². The first kappa shape index (κ1) is 9.69. The molecule has 2 heteroatoms. The highest BCUT2D eigenvalue weighted by molar-refractivity contribution is 5.20. The lowest BCUT2D eigenvalue weighted by Gasteiger charge is -2.29. The van der Waals surface area contributed by atoms with Gasteiger partial charge in [-0.2, -0.15) is 0 Å². The van der Waals surface area contributed by atoms with E-state index in [2.05, 4.69) is 35.6 Å². The predicted molar refractivity (Wildman–Crippen MR) is 57.2 cm³/mol. The second kappa shape index (κ2) is 4.58. The summed E-state index contributed by atoms with van der Waals surface area (Å²) in [6.07, 6.45) is 2.53. The second-order valence-electron chi connectivity index (χ2n) is 3.81. The second-order valence-corrected chi connectivity index (χ2v) is 3.81. The van der Waals surface area contributed by atoms with Crippen LogP contribution in [0.2, 0.25) is 0 Å². The van der Waals surface area contributed by atoms with Crippen LogP contribution in [0.15, 0.2) is 30.3 Å². The van der Waals surface area contributed by atoms with Gasteiger partial charge in [0.05, 0.1) is 0 Å². The highest BCUT2D eigenvalue weighted by Crippen LogP contribution is 2.27. The van der Waals surface area contributed by atoms with Gasteiger partial charge in [0.25, 0.3) is 0 Å². The minimum absolute atomic E-state index is 0.231. The van der Waals surface area contributed by atoms with Crippen molar-refractivity contribution in [3.63, 3.8) is 0 Å². The van der Waals surface area contributed by atoms with Gasteiger partial charge >= 0.3 is 0 Å². The standard InChI is InChI=1S/C12H17NO/c1-14-12-9-11(7-8-13-12)10-5-3-2-4-6-10/h2-6,11-13H,7-9H2,1H3. The van der Waals surface area contributed by atoms with Crippen molar-refractivity contribution in [3.05, 3.63) is 35.9 Å². The van der Waals surface area contributed by atoms with Gasteiger partial charge in [-0.1, -0.05) is 30.3 Å². The van der Waals surface area contributed by atoms with Crippen LogP contribution >= 0.6 is 0 Å². The summed E-state index contributed by atoms with van der Waals surface area (Å²) in [6, 6.07) is 10.7. The smallest absolute Gasteiger partial charge is 0.108 e. The molecule has 76 valence electrons. The summed E-state index contributed by atoms with van der Waals surface area (Å²) in [4.78, 5) is 0. The van der Waals surface area contributed by atoms with Crippen LogP contribution in [0.5, 0.6) is 0 Å². The lowest BCUT2D eigenvalue weighted by Crippen LogP contribution is -2.38. The Labute approximate surface area is 85.3 Å². The maximum Gasteiger partial charge on any atom is 0.108 e. The van der Waals surface area contributed by atoms with Gasteiger partial charge in [-0.15, -0.1) is 0 Å². The van der Waals surface area contributed by atoms with Gasteiger partial charge in [-0.25, -0.2) is 0 Å². The molecule has 2 nitrogen and oxygen atoms in total. The number of hydrogen-bond donors (Lipinski definition) is 1. The van der Waals surface area contributed by atoms with E-state index in [1.165, 1.54) is 12.0 Å². The van der Waals surface area contributed by atoms with Crippen LogP contribution in [0.1, 0.15) is 24.3 Å². The van der Waals surface area contributed by atoms with Crippen molar-refractivity contribution in [2.24, 2.45) is 0 Å². The zero-order chi connectivity index (χ0) is 9.80. The number of piperidine rings is 1. The quantitative estimate of drug-likeness (QED) is 0.773. The van der Waals surface area contributed by atoms with E-state index in [9.17, 15) is 0 Å². The summed E-state index contributed by atoms with van der Waals surface area (Å²) in [6.45, 7) is 1.05. The molecule has 0 amide bonds. The monoisotopic (exact) mass is 191 g/mol. The Kier molecular flexibility index (Phi) is 3.17. The Hall–Kier alpha value is -0.860. The number of methoxy groups -OCH3 is 1. The van der Waals surface area contributed by atoms with E-state index >= 15 is 0 Å². The highest BCUT2D eigenvalue weighted by Gasteiger charge is 2.21. The molecule has 0 radical (unpaired) electrons. The van der Waals surface area contributed by atoms with Crippen LogP contribution in [0, 0.1) is 0 Å². The van der Waals surface area contributed by atoms with Gasteiger partial charge in [0, 0.05) is 7.11 Å². The Morgan fingerprint density at radius 1 is 1.29 bits per heavy atom. The summed E-state index contributed by atoms with van der Waals surface area (Å²) in [5, 5.41) is 3.35. The van der Waals surface area contributed by atoms with Crippen molar-refractivity contribution < 1.29 is 4.74 Å². The SMILES string of the molecule is COC1CC(c2ccccc2)CCN1. The van der Waals surface area contributed by atoms with Gasteiger partial charge < -0.3 is 4.74 Å². The van der Waals surface area contributed by atoms with Gasteiger partial charge in [0.2, 0.25) is 0 Å². The summed E-state index contributed by atoms with van der Waals surface area (Å²) in [7, 11) is 1.77. The number of rotatable bonds is 2. The highest BCUT2D eigenvalue weighted by atomic mass is 16.5. The fraction of sp³-hybridized carbons (Fsp3) is 0.500. The lowest BCUT2D eigenvalue weighted by molar-refractivity contribution is 0.0453. The fourth-order valence-electron chi connectivity index (χ4n) is 2.09. The van der Waals surface area contributed by atoms with Crippen LogP contribution in [-0.2, 0) is 4.74 Å². The van der Waals surface area contributed by atoms with Crippen LogP contribution in [0.25, 0.3) is 0 Å². The average molecular weight is 191 g/mol. The molecular weight excluding hydrogens is 174 g/mol. The summed E-state index contributed by atoms with van der Waals surface area (Å²) < 4.78 is 5.33. The lowest BCUT2D eigenvalue weighted by atomic mass is 9.89. The van der Waals surface area contributed by atoms with E-state index in [-0.39, 0.29) is 6.23 Å². The fourth-order valence-corrected chi connectivity index (χ4v) is 2.09. The molecule has 1 aromatic rings. The first-order valence-electron chi connectivity index (χ1n) is 5.21. The van der Waals surface area contributed by atoms with E-state index in [4.69, 9.17) is 4.74 Å². The van der Waals surface area contributed by atoms with Crippen molar-refractivity contribution in [1.29, 1.82) is 0 Å². The molecule has 1 fully saturated rings. The normalized spacial score (nSPS) is 27.5. The molecule has 2 unspecified atom stereocenters. The average Bonchev–Trinajstić information content (AvgIpc) is 2.30. The Morgan fingerprint density at radius 2 is 2.07 bits per heavy atom. The zero-order valence-corrected chi connectivity index (χ0v) is 8.57. The molecule has 0 bridgehead atoms. The minimum atomic E-state index is 0.231. The first-order chi connectivity index (χ1) is 6.90. The molecule has 1 saturated heterocycles. The van der Waals surface area contributed by atoms with E-state index in [1.807, 2.05) is 0 Å². The van der Waals surface area contributed by atoms with E-state index in [1.54, 1.807) is 7.11 Å². The van der Waals surface area contributed by atoms with Gasteiger partial charge in [-0.05, 0) is 30.9 Å². The predicted octanol–water partition coefficient (Wildman–Crippen LogP) is 2.13. The number of nitrogens with one attached hydrogen (secondary N) is 1. The summed E-state index contributed by atoms with van der Waals surface area (Å²) in [5.41, 5.74) is 1.44. The maximum absolute atomic E-state index is 5.33. The molecule has 0 saturated carbocycles. The van der Waals surface area contributed by atoms with Crippen LogP contribution in [0.4, 0.5) is 0 Å². The van der Waals surface area contributed by atoms with Crippen molar-refractivity contribution in [3.8, 4) is 0 Å². The topological polar surface area (TPSA) is 21.3 Å². The molecule has 1 aliphatic rings. The summed E-state index contributed by atoms with van der Waals surface area (Å²) >= 11 is 0. The number of hydrogen-bond acceptors (Lipinski definition) is 2. The molecule has 2 atom stereocenters. The van der Waals surface area contributed by atoms with Crippen molar-refractivity contribution >= 4 is 0 Å². The number of benzene rings is 1. The Balaban J connectivity index is 2.04. The van der Waals surface area contributed by atoms with Crippen LogP contribution in [-0.4, -0.2) is 19.9 Å². The molecule has 0 aliphatic carbocycles. The van der Waals surface area contributed by atoms with E-state index in [0.29, 0.717) is 5.92 Å². The first-order valence-corrected chi connectivity index (χ1v) is 5.21. The van der Waals surface area contributed by atoms with Crippen molar-refractivity contribution in [2.45, 2.75) is 25.0 Å². The maximum atomic E-state index is 5.33. The third-order valence-electron chi connectivity index (χ3n) is 2.92. The molecule has 14 heavy (non-hydrogen) atoms.